The maximum atomic E-state index is 10.7. The van der Waals surface area contributed by atoms with Crippen molar-refractivity contribution in [3.8, 4) is 5.75 Å². The van der Waals surface area contributed by atoms with E-state index in [0.717, 1.165) is 36.6 Å². The fourth-order valence-electron chi connectivity index (χ4n) is 3.33. The zero-order valence-corrected chi connectivity index (χ0v) is 14.4. The van der Waals surface area contributed by atoms with Gasteiger partial charge in [-0.3, -0.25) is 15.0 Å². The average molecular weight is 352 g/mol. The highest BCUT2D eigenvalue weighted by Gasteiger charge is 2.17. The normalized spacial score (nSPS) is 14.8. The van der Waals surface area contributed by atoms with E-state index in [2.05, 4.69) is 15.5 Å². The monoisotopic (exact) mass is 352 g/mol. The van der Waals surface area contributed by atoms with Gasteiger partial charge in [-0.2, -0.15) is 0 Å². The maximum Gasteiger partial charge on any atom is 0.269 e. The quantitative estimate of drug-likeness (QED) is 0.501. The summed E-state index contributed by atoms with van der Waals surface area (Å²) in [5.74, 6) is 1.45. The highest BCUT2D eigenvalue weighted by molar-refractivity contribution is 5.75. The molecular weight excluding hydrogens is 332 g/mol. The fraction of sp³-hybridized carbons (Fsp3) is 0.316. The number of non-ortho nitro benzene ring substituents is 1. The molecule has 4 rings (SSSR count). The van der Waals surface area contributed by atoms with Crippen molar-refractivity contribution < 1.29 is 9.66 Å². The van der Waals surface area contributed by atoms with Crippen molar-refractivity contribution in [3.63, 3.8) is 0 Å². The summed E-state index contributed by atoms with van der Waals surface area (Å²) in [6.45, 7) is 3.34. The minimum absolute atomic E-state index is 0.0543. The Morgan fingerprint density at radius 1 is 1.08 bits per heavy atom. The van der Waals surface area contributed by atoms with Gasteiger partial charge in [-0.1, -0.05) is 12.1 Å². The van der Waals surface area contributed by atoms with Crippen LogP contribution in [0.25, 0.3) is 11.0 Å². The Kier molecular flexibility index (Phi) is 4.53. The number of rotatable bonds is 6. The number of benzene rings is 2. The van der Waals surface area contributed by atoms with Crippen LogP contribution in [0.15, 0.2) is 48.5 Å². The topological polar surface area (TPSA) is 73.4 Å². The van der Waals surface area contributed by atoms with Gasteiger partial charge >= 0.3 is 0 Å². The molecule has 1 saturated heterocycles. The highest BCUT2D eigenvalue weighted by atomic mass is 16.6. The van der Waals surface area contributed by atoms with Crippen LogP contribution in [0.5, 0.6) is 5.75 Å². The van der Waals surface area contributed by atoms with Crippen LogP contribution in [0, 0.1) is 10.1 Å². The molecule has 0 atom stereocenters. The number of aromatic nitrogens is 2. The second kappa shape index (κ2) is 7.13. The van der Waals surface area contributed by atoms with E-state index in [9.17, 15) is 10.1 Å². The van der Waals surface area contributed by atoms with E-state index in [4.69, 9.17) is 9.72 Å². The van der Waals surface area contributed by atoms with Crippen molar-refractivity contribution in [2.45, 2.75) is 26.1 Å². The van der Waals surface area contributed by atoms with E-state index in [-0.39, 0.29) is 5.69 Å². The zero-order chi connectivity index (χ0) is 17.9. The molecule has 3 aromatic rings. The highest BCUT2D eigenvalue weighted by Crippen LogP contribution is 2.22. The standard InChI is InChI=1S/C19H20N4O3/c24-23(25)15-7-9-16(10-8-15)26-13-19-20-17-5-1-2-6-18(17)22(19)14-21-11-3-4-12-21/h1-2,5-10H,3-4,11-14H2. The first-order valence-electron chi connectivity index (χ1n) is 8.74. The van der Waals surface area contributed by atoms with Gasteiger partial charge in [-0.25, -0.2) is 4.98 Å². The van der Waals surface area contributed by atoms with E-state index in [0.29, 0.717) is 12.4 Å². The van der Waals surface area contributed by atoms with Gasteiger partial charge in [0.25, 0.3) is 5.69 Å². The number of hydrogen-bond acceptors (Lipinski definition) is 5. The largest absolute Gasteiger partial charge is 0.486 e. The summed E-state index contributed by atoms with van der Waals surface area (Å²) in [6.07, 6.45) is 2.47. The Labute approximate surface area is 151 Å². The summed E-state index contributed by atoms with van der Waals surface area (Å²) in [4.78, 5) is 17.5. The lowest BCUT2D eigenvalue weighted by atomic mass is 10.3. The van der Waals surface area contributed by atoms with Gasteiger partial charge in [0.05, 0.1) is 22.6 Å². The van der Waals surface area contributed by atoms with E-state index in [1.54, 1.807) is 12.1 Å². The number of para-hydroxylation sites is 2. The molecule has 0 aliphatic carbocycles. The lowest BCUT2D eigenvalue weighted by molar-refractivity contribution is -0.384. The SMILES string of the molecule is O=[N+]([O-])c1ccc(OCc2nc3ccccc3n2CN2CCCC2)cc1. The summed E-state index contributed by atoms with van der Waals surface area (Å²) in [6, 6.07) is 14.2. The van der Waals surface area contributed by atoms with Gasteiger partial charge in [0, 0.05) is 12.1 Å². The summed E-state index contributed by atoms with van der Waals surface area (Å²) in [5, 5.41) is 10.7. The van der Waals surface area contributed by atoms with Crippen LogP contribution in [0.2, 0.25) is 0 Å². The summed E-state index contributed by atoms with van der Waals surface area (Å²) in [7, 11) is 0. The lowest BCUT2D eigenvalue weighted by Crippen LogP contribution is -2.24. The molecule has 0 radical (unpaired) electrons. The number of ether oxygens (including phenoxy) is 1. The van der Waals surface area contributed by atoms with Crippen LogP contribution in [0.1, 0.15) is 18.7 Å². The van der Waals surface area contributed by atoms with Gasteiger partial charge in [0.15, 0.2) is 0 Å². The Morgan fingerprint density at radius 3 is 2.54 bits per heavy atom. The molecule has 0 saturated carbocycles. The number of fused-ring (bicyclic) bond motifs is 1. The molecule has 1 aromatic heterocycles. The molecule has 0 N–H and O–H groups in total. The van der Waals surface area contributed by atoms with Gasteiger partial charge < -0.3 is 9.30 Å². The first-order chi connectivity index (χ1) is 12.7. The molecule has 1 aliphatic rings. The Bertz CT molecular complexity index is 914. The third-order valence-corrected chi connectivity index (χ3v) is 4.69. The second-order valence-electron chi connectivity index (χ2n) is 6.45. The number of likely N-dealkylation sites (tertiary alicyclic amines) is 1. The summed E-state index contributed by atoms with van der Waals surface area (Å²) in [5.41, 5.74) is 2.11. The predicted octanol–water partition coefficient (Wildman–Crippen LogP) is 3.58. The molecule has 0 spiro atoms. The second-order valence-corrected chi connectivity index (χ2v) is 6.45. The Hall–Kier alpha value is -2.93. The number of hydrogen-bond donors (Lipinski definition) is 0. The molecule has 134 valence electrons. The summed E-state index contributed by atoms with van der Waals surface area (Å²) < 4.78 is 8.04. The van der Waals surface area contributed by atoms with Crippen LogP contribution < -0.4 is 4.74 Å². The van der Waals surface area contributed by atoms with Crippen molar-refractivity contribution in [1.82, 2.24) is 14.5 Å². The smallest absolute Gasteiger partial charge is 0.269 e. The van der Waals surface area contributed by atoms with Gasteiger partial charge in [0.2, 0.25) is 0 Å². The molecule has 2 heterocycles. The molecule has 0 unspecified atom stereocenters. The van der Waals surface area contributed by atoms with Crippen LogP contribution in [-0.2, 0) is 13.3 Å². The number of nitrogens with zero attached hydrogens (tertiary/aromatic N) is 4. The van der Waals surface area contributed by atoms with Crippen molar-refractivity contribution in [2.24, 2.45) is 0 Å². The maximum absolute atomic E-state index is 10.7. The minimum Gasteiger partial charge on any atom is -0.486 e. The lowest BCUT2D eigenvalue weighted by Gasteiger charge is -2.18. The molecular formula is C19H20N4O3. The zero-order valence-electron chi connectivity index (χ0n) is 14.4. The summed E-state index contributed by atoms with van der Waals surface area (Å²) >= 11 is 0. The first-order valence-corrected chi connectivity index (χ1v) is 8.74. The molecule has 1 aliphatic heterocycles. The van der Waals surface area contributed by atoms with E-state index in [1.807, 2.05) is 18.2 Å². The number of nitro benzene ring substituents is 1. The Morgan fingerprint density at radius 2 is 1.81 bits per heavy atom. The van der Waals surface area contributed by atoms with Gasteiger partial charge in [-0.05, 0) is 50.2 Å². The molecule has 1 fully saturated rings. The predicted molar refractivity (Wildman–Crippen MR) is 98.0 cm³/mol. The van der Waals surface area contributed by atoms with Crippen LogP contribution in [-0.4, -0.2) is 32.5 Å². The molecule has 0 amide bonds. The van der Waals surface area contributed by atoms with E-state index < -0.39 is 4.92 Å². The van der Waals surface area contributed by atoms with Gasteiger partial charge in [0.1, 0.15) is 18.2 Å². The van der Waals surface area contributed by atoms with Gasteiger partial charge in [-0.15, -0.1) is 0 Å². The molecule has 2 aromatic carbocycles. The van der Waals surface area contributed by atoms with Crippen molar-refractivity contribution in [2.75, 3.05) is 13.1 Å². The molecule has 0 bridgehead atoms. The molecule has 7 nitrogen and oxygen atoms in total. The third-order valence-electron chi connectivity index (χ3n) is 4.69. The minimum atomic E-state index is -0.417. The van der Waals surface area contributed by atoms with Crippen LogP contribution >= 0.6 is 0 Å². The molecule has 7 heteroatoms. The number of nitro groups is 1. The third kappa shape index (κ3) is 3.39. The molecule has 26 heavy (non-hydrogen) atoms. The van der Waals surface area contributed by atoms with Crippen molar-refractivity contribution >= 4 is 16.7 Å². The van der Waals surface area contributed by atoms with Crippen LogP contribution in [0.4, 0.5) is 5.69 Å². The number of imidazole rings is 1. The van der Waals surface area contributed by atoms with Crippen LogP contribution in [0.3, 0.4) is 0 Å². The fourth-order valence-corrected chi connectivity index (χ4v) is 3.33. The first kappa shape index (κ1) is 16.5. The van der Waals surface area contributed by atoms with Crippen molar-refractivity contribution in [3.05, 3.63) is 64.5 Å². The van der Waals surface area contributed by atoms with E-state index in [1.165, 1.54) is 25.0 Å². The van der Waals surface area contributed by atoms with E-state index >= 15 is 0 Å². The van der Waals surface area contributed by atoms with Crippen molar-refractivity contribution in [1.29, 1.82) is 0 Å². The Balaban J connectivity index is 1.55. The average Bonchev–Trinajstić information content (AvgIpc) is 3.29.